The van der Waals surface area contributed by atoms with Crippen LogP contribution in [0.5, 0.6) is 0 Å². The third kappa shape index (κ3) is 4.66. The predicted molar refractivity (Wildman–Crippen MR) is 56.6 cm³/mol. The molecule has 0 aromatic heterocycles. The topological polar surface area (TPSA) is 12.0 Å². The molecule has 0 heterocycles. The summed E-state index contributed by atoms with van der Waals surface area (Å²) in [5.74, 6) is 0. The molecule has 0 atom stereocenters. The Morgan fingerprint density at radius 1 is 1.33 bits per heavy atom. The van der Waals surface area contributed by atoms with Crippen LogP contribution in [0.2, 0.25) is 0 Å². The molecule has 1 nitrogen and oxygen atoms in total. The summed E-state index contributed by atoms with van der Waals surface area (Å²) in [5.41, 5.74) is 1.86. The monoisotopic (exact) mass is 281 g/mol. The predicted octanol–water partition coefficient (Wildman–Crippen LogP) is 3.41. The van der Waals surface area contributed by atoms with Crippen LogP contribution in [0, 0.1) is 6.92 Å². The largest absolute Gasteiger partial charge is 0.401 e. The number of benzene rings is 1. The lowest BCUT2D eigenvalue weighted by Gasteiger charge is -2.09. The Bertz CT molecular complexity index is 336. The van der Waals surface area contributed by atoms with Gasteiger partial charge in [0.2, 0.25) is 0 Å². The average Bonchev–Trinajstić information content (AvgIpc) is 2.09. The van der Waals surface area contributed by atoms with Gasteiger partial charge in [0.15, 0.2) is 0 Å². The molecule has 15 heavy (non-hydrogen) atoms. The van der Waals surface area contributed by atoms with Gasteiger partial charge in [-0.3, -0.25) is 0 Å². The van der Waals surface area contributed by atoms with Crippen molar-refractivity contribution >= 4 is 15.9 Å². The van der Waals surface area contributed by atoms with Gasteiger partial charge in [0.05, 0.1) is 6.54 Å². The minimum Gasteiger partial charge on any atom is -0.305 e. The highest BCUT2D eigenvalue weighted by atomic mass is 79.9. The van der Waals surface area contributed by atoms with Crippen molar-refractivity contribution in [1.82, 2.24) is 5.32 Å². The van der Waals surface area contributed by atoms with E-state index in [1.165, 1.54) is 0 Å². The van der Waals surface area contributed by atoms with Crippen molar-refractivity contribution in [2.75, 3.05) is 6.54 Å². The zero-order valence-electron chi connectivity index (χ0n) is 8.16. The van der Waals surface area contributed by atoms with E-state index in [-0.39, 0.29) is 6.54 Å². The fourth-order valence-corrected chi connectivity index (χ4v) is 1.56. The SMILES string of the molecule is Cc1ccc(Br)c(CNCC(F)(F)F)c1. The molecule has 0 fully saturated rings. The fourth-order valence-electron chi connectivity index (χ4n) is 1.18. The quantitative estimate of drug-likeness (QED) is 0.895. The number of halogens is 4. The molecule has 0 aliphatic rings. The van der Waals surface area contributed by atoms with Gasteiger partial charge >= 0.3 is 6.18 Å². The summed E-state index contributed by atoms with van der Waals surface area (Å²) in [6.45, 7) is 1.15. The minimum atomic E-state index is -4.16. The molecule has 1 aromatic rings. The van der Waals surface area contributed by atoms with Crippen molar-refractivity contribution in [3.8, 4) is 0 Å². The second-order valence-corrected chi connectivity index (χ2v) is 4.17. The van der Waals surface area contributed by atoms with Crippen LogP contribution in [0.25, 0.3) is 0 Å². The van der Waals surface area contributed by atoms with Gasteiger partial charge < -0.3 is 5.32 Å². The Morgan fingerprint density at radius 2 is 2.00 bits per heavy atom. The third-order valence-electron chi connectivity index (χ3n) is 1.84. The highest BCUT2D eigenvalue weighted by Gasteiger charge is 2.26. The number of aryl methyl sites for hydroxylation is 1. The van der Waals surface area contributed by atoms with Gasteiger partial charge in [0, 0.05) is 11.0 Å². The molecule has 0 bridgehead atoms. The Labute approximate surface area is 94.8 Å². The van der Waals surface area contributed by atoms with Crippen molar-refractivity contribution in [1.29, 1.82) is 0 Å². The Balaban J connectivity index is 2.54. The number of hydrogen-bond acceptors (Lipinski definition) is 1. The summed E-state index contributed by atoms with van der Waals surface area (Å²) >= 11 is 3.29. The van der Waals surface area contributed by atoms with Gasteiger partial charge in [-0.2, -0.15) is 13.2 Å². The van der Waals surface area contributed by atoms with Gasteiger partial charge in [-0.1, -0.05) is 33.6 Å². The molecule has 0 saturated heterocycles. The first-order valence-corrected chi connectivity index (χ1v) is 5.20. The molecule has 0 aliphatic carbocycles. The zero-order chi connectivity index (χ0) is 11.5. The van der Waals surface area contributed by atoms with Gasteiger partial charge in [0.25, 0.3) is 0 Å². The smallest absolute Gasteiger partial charge is 0.305 e. The molecular weight excluding hydrogens is 271 g/mol. The van der Waals surface area contributed by atoms with Crippen molar-refractivity contribution in [3.63, 3.8) is 0 Å². The maximum atomic E-state index is 11.9. The summed E-state index contributed by atoms with van der Waals surface area (Å²) in [6, 6.07) is 5.59. The van der Waals surface area contributed by atoms with E-state index in [0.717, 1.165) is 15.6 Å². The third-order valence-corrected chi connectivity index (χ3v) is 2.62. The van der Waals surface area contributed by atoms with Crippen LogP contribution in [0.4, 0.5) is 13.2 Å². The molecule has 0 saturated carbocycles. The van der Waals surface area contributed by atoms with Gasteiger partial charge in [-0.15, -0.1) is 0 Å². The standard InChI is InChI=1S/C10H11BrF3N/c1-7-2-3-9(11)8(4-7)5-15-6-10(12,13)14/h2-4,15H,5-6H2,1H3. The maximum Gasteiger partial charge on any atom is 0.401 e. The summed E-state index contributed by atoms with van der Waals surface area (Å²) in [7, 11) is 0. The molecule has 0 unspecified atom stereocenters. The van der Waals surface area contributed by atoms with Crippen LogP contribution >= 0.6 is 15.9 Å². The fraction of sp³-hybridized carbons (Fsp3) is 0.400. The highest BCUT2D eigenvalue weighted by molar-refractivity contribution is 9.10. The second-order valence-electron chi connectivity index (χ2n) is 3.31. The van der Waals surface area contributed by atoms with Crippen LogP contribution < -0.4 is 5.32 Å². The van der Waals surface area contributed by atoms with Crippen LogP contribution in [0.3, 0.4) is 0 Å². The number of nitrogens with one attached hydrogen (secondary N) is 1. The summed E-state index contributed by atoms with van der Waals surface area (Å²) in [4.78, 5) is 0. The number of rotatable bonds is 3. The molecule has 5 heteroatoms. The lowest BCUT2D eigenvalue weighted by molar-refractivity contribution is -0.125. The van der Waals surface area contributed by atoms with E-state index < -0.39 is 12.7 Å². The van der Waals surface area contributed by atoms with Crippen molar-refractivity contribution in [3.05, 3.63) is 33.8 Å². The van der Waals surface area contributed by atoms with Crippen LogP contribution in [-0.4, -0.2) is 12.7 Å². The first-order valence-electron chi connectivity index (χ1n) is 4.41. The Morgan fingerprint density at radius 3 is 2.60 bits per heavy atom. The van der Waals surface area contributed by atoms with Crippen LogP contribution in [-0.2, 0) is 6.54 Å². The van der Waals surface area contributed by atoms with Gasteiger partial charge in [-0.05, 0) is 18.6 Å². The molecule has 0 spiro atoms. The van der Waals surface area contributed by atoms with Gasteiger partial charge in [0.1, 0.15) is 0 Å². The maximum absolute atomic E-state index is 11.9. The molecule has 1 aromatic carbocycles. The first kappa shape index (κ1) is 12.5. The molecule has 1 N–H and O–H groups in total. The average molecular weight is 282 g/mol. The lowest BCUT2D eigenvalue weighted by Crippen LogP contribution is -2.28. The molecule has 0 amide bonds. The van der Waals surface area contributed by atoms with E-state index in [0.29, 0.717) is 0 Å². The van der Waals surface area contributed by atoms with E-state index in [2.05, 4.69) is 21.2 Å². The zero-order valence-corrected chi connectivity index (χ0v) is 9.74. The second kappa shape index (κ2) is 4.99. The number of alkyl halides is 3. The Hall–Kier alpha value is -0.550. The van der Waals surface area contributed by atoms with Gasteiger partial charge in [-0.25, -0.2) is 0 Å². The molecule has 0 radical (unpaired) electrons. The van der Waals surface area contributed by atoms with Crippen LogP contribution in [0.15, 0.2) is 22.7 Å². The van der Waals surface area contributed by atoms with Crippen molar-refractivity contribution in [2.24, 2.45) is 0 Å². The lowest BCUT2D eigenvalue weighted by atomic mass is 10.1. The molecule has 1 rings (SSSR count). The van der Waals surface area contributed by atoms with Crippen LogP contribution in [0.1, 0.15) is 11.1 Å². The van der Waals surface area contributed by atoms with E-state index >= 15 is 0 Å². The van der Waals surface area contributed by atoms with Crippen molar-refractivity contribution in [2.45, 2.75) is 19.6 Å². The summed E-state index contributed by atoms with van der Waals surface area (Å²) in [5, 5.41) is 2.35. The summed E-state index contributed by atoms with van der Waals surface area (Å²) < 4.78 is 36.4. The van der Waals surface area contributed by atoms with Crippen molar-refractivity contribution < 1.29 is 13.2 Å². The summed E-state index contributed by atoms with van der Waals surface area (Å²) in [6.07, 6.45) is -4.16. The highest BCUT2D eigenvalue weighted by Crippen LogP contribution is 2.18. The van der Waals surface area contributed by atoms with E-state index in [4.69, 9.17) is 0 Å². The molecular formula is C10H11BrF3N. The first-order chi connectivity index (χ1) is 6.88. The van der Waals surface area contributed by atoms with E-state index in [1.807, 2.05) is 25.1 Å². The number of hydrogen-bond donors (Lipinski definition) is 1. The minimum absolute atomic E-state index is 0.210. The van der Waals surface area contributed by atoms with E-state index in [1.54, 1.807) is 0 Å². The van der Waals surface area contributed by atoms with E-state index in [9.17, 15) is 13.2 Å². The Kier molecular flexibility index (Phi) is 4.16. The molecule has 0 aliphatic heterocycles. The normalized spacial score (nSPS) is 11.8. The molecule has 84 valence electrons.